The predicted molar refractivity (Wildman–Crippen MR) is 112 cm³/mol. The molecule has 0 saturated carbocycles. The van der Waals surface area contributed by atoms with Crippen LogP contribution in [0.15, 0.2) is 47.9 Å². The van der Waals surface area contributed by atoms with Crippen molar-refractivity contribution in [2.45, 2.75) is 19.1 Å². The SMILES string of the molecule is O=C(Nc1ncn(Cc2c(Cl)cccc2Cl)n1)C1CC(c2c(F)cccc2Cl)=NO1. The lowest BCUT2D eigenvalue weighted by Crippen LogP contribution is -2.28. The van der Waals surface area contributed by atoms with E-state index in [1.54, 1.807) is 18.2 Å². The summed E-state index contributed by atoms with van der Waals surface area (Å²) in [7, 11) is 0. The summed E-state index contributed by atoms with van der Waals surface area (Å²) >= 11 is 18.4. The number of hydrogen-bond acceptors (Lipinski definition) is 5. The molecule has 154 valence electrons. The van der Waals surface area contributed by atoms with E-state index in [-0.39, 0.29) is 35.2 Å². The van der Waals surface area contributed by atoms with Crippen molar-refractivity contribution in [3.8, 4) is 0 Å². The zero-order chi connectivity index (χ0) is 21.3. The number of nitrogens with one attached hydrogen (secondary N) is 1. The van der Waals surface area contributed by atoms with Crippen molar-refractivity contribution in [3.63, 3.8) is 0 Å². The second-order valence-corrected chi connectivity index (χ2v) is 7.61. The average Bonchev–Trinajstić information content (AvgIpc) is 3.35. The number of rotatable bonds is 5. The molecule has 1 N–H and O–H groups in total. The maximum absolute atomic E-state index is 14.1. The Hall–Kier alpha value is -2.68. The maximum Gasteiger partial charge on any atom is 0.271 e. The molecule has 0 fully saturated rings. The summed E-state index contributed by atoms with van der Waals surface area (Å²) in [6.07, 6.45) is 0.537. The molecule has 0 bridgehead atoms. The third-order valence-corrected chi connectivity index (χ3v) is 5.39. The second-order valence-electron chi connectivity index (χ2n) is 6.39. The number of halogens is 4. The molecule has 4 rings (SSSR count). The van der Waals surface area contributed by atoms with Crippen LogP contribution in [0.4, 0.5) is 10.3 Å². The number of oxime groups is 1. The minimum atomic E-state index is -0.958. The van der Waals surface area contributed by atoms with Crippen LogP contribution in [0.25, 0.3) is 0 Å². The molecule has 1 atom stereocenters. The molecular weight excluding hydrogens is 456 g/mol. The summed E-state index contributed by atoms with van der Waals surface area (Å²) in [6.45, 7) is 0.278. The fourth-order valence-electron chi connectivity index (χ4n) is 2.90. The fourth-order valence-corrected chi connectivity index (χ4v) is 3.69. The monoisotopic (exact) mass is 467 g/mol. The van der Waals surface area contributed by atoms with Gasteiger partial charge in [0, 0.05) is 22.0 Å². The Kier molecular flexibility index (Phi) is 5.90. The number of amides is 1. The van der Waals surface area contributed by atoms with Gasteiger partial charge in [-0.15, -0.1) is 5.10 Å². The van der Waals surface area contributed by atoms with Crippen molar-refractivity contribution in [1.82, 2.24) is 14.8 Å². The van der Waals surface area contributed by atoms with Gasteiger partial charge in [-0.1, -0.05) is 52.1 Å². The second kappa shape index (κ2) is 8.59. The van der Waals surface area contributed by atoms with Crippen molar-refractivity contribution < 1.29 is 14.0 Å². The first kappa shape index (κ1) is 20.6. The Morgan fingerprint density at radius 1 is 1.17 bits per heavy atom. The van der Waals surface area contributed by atoms with Crippen LogP contribution in [0.5, 0.6) is 0 Å². The van der Waals surface area contributed by atoms with E-state index in [9.17, 15) is 9.18 Å². The molecule has 1 amide bonds. The molecule has 0 aliphatic carbocycles. The molecular formula is C19H13Cl3FN5O2. The van der Waals surface area contributed by atoms with E-state index in [1.807, 2.05) is 0 Å². The van der Waals surface area contributed by atoms with Crippen LogP contribution < -0.4 is 5.32 Å². The lowest BCUT2D eigenvalue weighted by molar-refractivity contribution is -0.125. The van der Waals surface area contributed by atoms with Gasteiger partial charge >= 0.3 is 0 Å². The number of benzene rings is 2. The van der Waals surface area contributed by atoms with E-state index < -0.39 is 17.8 Å². The van der Waals surface area contributed by atoms with Gasteiger partial charge in [0.15, 0.2) is 0 Å². The number of nitrogens with zero attached hydrogens (tertiary/aromatic N) is 4. The highest BCUT2D eigenvalue weighted by molar-refractivity contribution is 6.36. The van der Waals surface area contributed by atoms with Crippen LogP contribution in [0.1, 0.15) is 17.5 Å². The largest absolute Gasteiger partial charge is 0.382 e. The lowest BCUT2D eigenvalue weighted by Gasteiger charge is -2.08. The van der Waals surface area contributed by atoms with Gasteiger partial charge in [0.1, 0.15) is 12.1 Å². The summed E-state index contributed by atoms with van der Waals surface area (Å²) in [5.41, 5.74) is 1.06. The third-order valence-electron chi connectivity index (χ3n) is 4.37. The molecule has 1 unspecified atom stereocenters. The van der Waals surface area contributed by atoms with Crippen LogP contribution in [0.3, 0.4) is 0 Å². The Balaban J connectivity index is 1.40. The van der Waals surface area contributed by atoms with Crippen molar-refractivity contribution in [2.24, 2.45) is 5.16 Å². The van der Waals surface area contributed by atoms with Gasteiger partial charge in [0.25, 0.3) is 5.91 Å². The number of carbonyl (C=O) groups is 1. The van der Waals surface area contributed by atoms with Crippen molar-refractivity contribution in [3.05, 3.63) is 74.7 Å². The van der Waals surface area contributed by atoms with Crippen LogP contribution in [0.2, 0.25) is 15.1 Å². The Morgan fingerprint density at radius 3 is 2.60 bits per heavy atom. The summed E-state index contributed by atoms with van der Waals surface area (Å²) in [4.78, 5) is 21.7. The highest BCUT2D eigenvalue weighted by atomic mass is 35.5. The number of hydrogen-bond donors (Lipinski definition) is 1. The highest BCUT2D eigenvalue weighted by Crippen LogP contribution is 2.26. The van der Waals surface area contributed by atoms with E-state index >= 15 is 0 Å². The van der Waals surface area contributed by atoms with Gasteiger partial charge < -0.3 is 4.84 Å². The first-order valence-electron chi connectivity index (χ1n) is 8.72. The zero-order valence-electron chi connectivity index (χ0n) is 15.2. The van der Waals surface area contributed by atoms with Gasteiger partial charge in [0.2, 0.25) is 12.1 Å². The first-order chi connectivity index (χ1) is 14.4. The van der Waals surface area contributed by atoms with Gasteiger partial charge in [-0.2, -0.15) is 0 Å². The summed E-state index contributed by atoms with van der Waals surface area (Å²) in [5.74, 6) is -0.983. The van der Waals surface area contributed by atoms with Gasteiger partial charge in [-0.05, 0) is 24.3 Å². The molecule has 30 heavy (non-hydrogen) atoms. The number of anilines is 1. The summed E-state index contributed by atoms with van der Waals surface area (Å²) in [5, 5.41) is 11.7. The molecule has 0 radical (unpaired) electrons. The van der Waals surface area contributed by atoms with E-state index in [0.717, 1.165) is 0 Å². The maximum atomic E-state index is 14.1. The zero-order valence-corrected chi connectivity index (χ0v) is 17.4. The molecule has 3 aromatic rings. The number of carbonyl (C=O) groups excluding carboxylic acids is 1. The third kappa shape index (κ3) is 4.26. The predicted octanol–water partition coefficient (Wildman–Crippen LogP) is 4.56. The smallest absolute Gasteiger partial charge is 0.271 e. The Bertz CT molecular complexity index is 1110. The quantitative estimate of drug-likeness (QED) is 0.595. The molecule has 7 nitrogen and oxygen atoms in total. The van der Waals surface area contributed by atoms with E-state index in [2.05, 4.69) is 20.6 Å². The van der Waals surface area contributed by atoms with Gasteiger partial charge in [-0.25, -0.2) is 14.1 Å². The Labute approximate surface area is 185 Å². The lowest BCUT2D eigenvalue weighted by atomic mass is 10.0. The van der Waals surface area contributed by atoms with Gasteiger partial charge in [-0.3, -0.25) is 10.1 Å². The van der Waals surface area contributed by atoms with E-state index in [1.165, 1.54) is 29.2 Å². The first-order valence-corrected chi connectivity index (χ1v) is 9.86. The topological polar surface area (TPSA) is 81.4 Å². The molecule has 1 aromatic heterocycles. The molecule has 0 spiro atoms. The molecule has 11 heteroatoms. The fraction of sp³-hybridized carbons (Fsp3) is 0.158. The van der Waals surface area contributed by atoms with Crippen LogP contribution in [-0.4, -0.2) is 32.5 Å². The van der Waals surface area contributed by atoms with Crippen molar-refractivity contribution in [2.75, 3.05) is 5.32 Å². The van der Waals surface area contributed by atoms with E-state index in [4.69, 9.17) is 39.6 Å². The normalized spacial score (nSPS) is 15.6. The standard InChI is InChI=1S/C19H13Cl3FN5O2/c20-11-3-1-4-12(21)10(11)8-28-9-24-19(26-28)25-18(29)16-7-15(27-30-16)17-13(22)5-2-6-14(17)23/h1-6,9,16H,7-8H2,(H,25,26,29). The van der Waals surface area contributed by atoms with Crippen molar-refractivity contribution >= 4 is 52.4 Å². The highest BCUT2D eigenvalue weighted by Gasteiger charge is 2.31. The molecule has 2 aromatic carbocycles. The summed E-state index contributed by atoms with van der Waals surface area (Å²) < 4.78 is 15.5. The van der Waals surface area contributed by atoms with Crippen LogP contribution in [-0.2, 0) is 16.2 Å². The number of aromatic nitrogens is 3. The molecule has 1 aliphatic heterocycles. The van der Waals surface area contributed by atoms with Gasteiger partial charge in [0.05, 0.1) is 22.8 Å². The van der Waals surface area contributed by atoms with Crippen molar-refractivity contribution in [1.29, 1.82) is 0 Å². The minimum absolute atomic E-state index is 0.0580. The Morgan fingerprint density at radius 2 is 1.87 bits per heavy atom. The molecule has 1 aliphatic rings. The minimum Gasteiger partial charge on any atom is -0.382 e. The average molecular weight is 469 g/mol. The molecule has 2 heterocycles. The van der Waals surface area contributed by atoms with Crippen LogP contribution in [0, 0.1) is 5.82 Å². The van der Waals surface area contributed by atoms with Crippen LogP contribution >= 0.6 is 34.8 Å². The van der Waals surface area contributed by atoms with E-state index in [0.29, 0.717) is 15.6 Å². The summed E-state index contributed by atoms with van der Waals surface area (Å²) in [6, 6.07) is 9.47. The molecule has 0 saturated heterocycles.